The van der Waals surface area contributed by atoms with Crippen molar-refractivity contribution in [1.29, 1.82) is 0 Å². The van der Waals surface area contributed by atoms with Gasteiger partial charge in [-0.2, -0.15) is 0 Å². The summed E-state index contributed by atoms with van der Waals surface area (Å²) in [5.41, 5.74) is 7.13. The maximum absolute atomic E-state index is 11.8. The molecule has 2 rings (SSSR count). The number of amides is 1. The van der Waals surface area contributed by atoms with E-state index in [1.165, 1.54) is 0 Å². The van der Waals surface area contributed by atoms with Gasteiger partial charge in [0.1, 0.15) is 18.0 Å². The predicted molar refractivity (Wildman–Crippen MR) is 94.7 cm³/mol. The van der Waals surface area contributed by atoms with E-state index < -0.39 is 0 Å². The smallest absolute Gasteiger partial charge is 0.246 e. The van der Waals surface area contributed by atoms with Gasteiger partial charge in [-0.3, -0.25) is 4.79 Å². The van der Waals surface area contributed by atoms with Gasteiger partial charge in [0.05, 0.1) is 19.9 Å². The summed E-state index contributed by atoms with van der Waals surface area (Å²) in [5.74, 6) is 1.07. The Balaban J connectivity index is 1.97. The number of methoxy groups -OCH3 is 2. The van der Waals surface area contributed by atoms with Crippen molar-refractivity contribution in [2.24, 2.45) is 10.7 Å². The van der Waals surface area contributed by atoms with Crippen molar-refractivity contribution in [3.8, 4) is 11.5 Å². The SMILES string of the molecule is COc1ccc(OC)c(NC(N)=NCC(=O)Nc2ccccc2)c1. The van der Waals surface area contributed by atoms with Crippen LogP contribution in [0.5, 0.6) is 11.5 Å². The van der Waals surface area contributed by atoms with E-state index >= 15 is 0 Å². The van der Waals surface area contributed by atoms with Crippen molar-refractivity contribution < 1.29 is 14.3 Å². The molecule has 2 aromatic rings. The van der Waals surface area contributed by atoms with Crippen LogP contribution < -0.4 is 25.8 Å². The summed E-state index contributed by atoms with van der Waals surface area (Å²) in [6.07, 6.45) is 0. The molecule has 0 bridgehead atoms. The number of para-hydroxylation sites is 1. The quantitative estimate of drug-likeness (QED) is 0.557. The molecule has 0 saturated carbocycles. The summed E-state index contributed by atoms with van der Waals surface area (Å²) in [4.78, 5) is 15.9. The molecule has 0 saturated heterocycles. The normalized spacial score (nSPS) is 10.8. The molecule has 4 N–H and O–H groups in total. The summed E-state index contributed by atoms with van der Waals surface area (Å²) in [5, 5.41) is 5.63. The highest BCUT2D eigenvalue weighted by molar-refractivity contribution is 5.97. The fourth-order valence-corrected chi connectivity index (χ4v) is 1.97. The molecule has 24 heavy (non-hydrogen) atoms. The van der Waals surface area contributed by atoms with E-state index in [1.807, 2.05) is 18.2 Å². The molecular formula is C17H20N4O3. The first-order chi connectivity index (χ1) is 11.6. The van der Waals surface area contributed by atoms with Crippen LogP contribution in [0.4, 0.5) is 11.4 Å². The van der Waals surface area contributed by atoms with Crippen LogP contribution in [0.1, 0.15) is 0 Å². The van der Waals surface area contributed by atoms with Crippen molar-refractivity contribution in [3.05, 3.63) is 48.5 Å². The van der Waals surface area contributed by atoms with Crippen molar-refractivity contribution >= 4 is 23.2 Å². The zero-order chi connectivity index (χ0) is 17.4. The average molecular weight is 328 g/mol. The van der Waals surface area contributed by atoms with E-state index in [0.29, 0.717) is 22.9 Å². The predicted octanol–water partition coefficient (Wildman–Crippen LogP) is 2.07. The molecule has 0 aromatic heterocycles. The number of carbonyl (C=O) groups is 1. The fraction of sp³-hybridized carbons (Fsp3) is 0.176. The van der Waals surface area contributed by atoms with E-state index in [0.717, 1.165) is 0 Å². The monoisotopic (exact) mass is 328 g/mol. The summed E-state index contributed by atoms with van der Waals surface area (Å²) in [6, 6.07) is 14.4. The van der Waals surface area contributed by atoms with Crippen LogP contribution in [0, 0.1) is 0 Å². The van der Waals surface area contributed by atoms with Gasteiger partial charge < -0.3 is 25.8 Å². The molecule has 1 amide bonds. The topological polar surface area (TPSA) is 98.0 Å². The number of anilines is 2. The second-order valence-electron chi connectivity index (χ2n) is 4.81. The molecular weight excluding hydrogens is 308 g/mol. The second kappa shape index (κ2) is 8.42. The van der Waals surface area contributed by atoms with Crippen LogP contribution in [0.2, 0.25) is 0 Å². The Kier molecular flexibility index (Phi) is 6.01. The van der Waals surface area contributed by atoms with Crippen LogP contribution in [0.3, 0.4) is 0 Å². The van der Waals surface area contributed by atoms with Crippen molar-refractivity contribution in [2.75, 3.05) is 31.4 Å². The molecule has 0 atom stereocenters. The molecule has 7 heteroatoms. The second-order valence-corrected chi connectivity index (χ2v) is 4.81. The number of carbonyl (C=O) groups excluding carboxylic acids is 1. The third kappa shape index (κ3) is 4.91. The molecule has 0 heterocycles. The van der Waals surface area contributed by atoms with Crippen LogP contribution in [-0.2, 0) is 4.79 Å². The lowest BCUT2D eigenvalue weighted by Gasteiger charge is -2.12. The molecule has 0 aliphatic carbocycles. The molecule has 0 spiro atoms. The Hall–Kier alpha value is -3.22. The van der Waals surface area contributed by atoms with Gasteiger partial charge in [-0.15, -0.1) is 0 Å². The summed E-state index contributed by atoms with van der Waals surface area (Å²) >= 11 is 0. The molecule has 0 radical (unpaired) electrons. The lowest BCUT2D eigenvalue weighted by molar-refractivity contribution is -0.114. The van der Waals surface area contributed by atoms with Gasteiger partial charge in [-0.1, -0.05) is 18.2 Å². The zero-order valence-corrected chi connectivity index (χ0v) is 13.6. The van der Waals surface area contributed by atoms with E-state index in [2.05, 4.69) is 15.6 Å². The van der Waals surface area contributed by atoms with Crippen molar-refractivity contribution in [1.82, 2.24) is 0 Å². The maximum atomic E-state index is 11.8. The molecule has 7 nitrogen and oxygen atoms in total. The summed E-state index contributed by atoms with van der Waals surface area (Å²) in [7, 11) is 3.12. The van der Waals surface area contributed by atoms with Gasteiger partial charge in [-0.25, -0.2) is 4.99 Å². The van der Waals surface area contributed by atoms with Crippen LogP contribution in [0.15, 0.2) is 53.5 Å². The first-order valence-electron chi connectivity index (χ1n) is 7.26. The van der Waals surface area contributed by atoms with Gasteiger partial charge >= 0.3 is 0 Å². The van der Waals surface area contributed by atoms with Gasteiger partial charge in [0.2, 0.25) is 5.91 Å². The number of rotatable bonds is 6. The number of guanidine groups is 1. The van der Waals surface area contributed by atoms with Crippen molar-refractivity contribution in [3.63, 3.8) is 0 Å². The molecule has 0 aliphatic heterocycles. The maximum Gasteiger partial charge on any atom is 0.246 e. The van der Waals surface area contributed by atoms with E-state index in [9.17, 15) is 4.79 Å². The van der Waals surface area contributed by atoms with Crippen molar-refractivity contribution in [2.45, 2.75) is 0 Å². The number of hydrogen-bond donors (Lipinski definition) is 3. The molecule has 126 valence electrons. The van der Waals surface area contributed by atoms with Crippen LogP contribution in [-0.4, -0.2) is 32.6 Å². The van der Waals surface area contributed by atoms with Gasteiger partial charge in [0.15, 0.2) is 5.96 Å². The summed E-state index contributed by atoms with van der Waals surface area (Å²) in [6.45, 7) is -0.0972. The van der Waals surface area contributed by atoms with Gasteiger partial charge in [0, 0.05) is 11.8 Å². The minimum atomic E-state index is -0.261. The first kappa shape index (κ1) is 17.1. The first-order valence-corrected chi connectivity index (χ1v) is 7.26. The van der Waals surface area contributed by atoms with Crippen LogP contribution >= 0.6 is 0 Å². The number of nitrogens with one attached hydrogen (secondary N) is 2. The Bertz CT molecular complexity index is 717. The number of hydrogen-bond acceptors (Lipinski definition) is 4. The molecule has 2 aromatic carbocycles. The Labute approximate surface area is 140 Å². The third-order valence-corrected chi connectivity index (χ3v) is 3.12. The Morgan fingerprint density at radius 2 is 1.83 bits per heavy atom. The third-order valence-electron chi connectivity index (χ3n) is 3.12. The molecule has 0 fully saturated rings. The Morgan fingerprint density at radius 3 is 2.50 bits per heavy atom. The number of nitrogens with two attached hydrogens (primary N) is 1. The van der Waals surface area contributed by atoms with E-state index in [4.69, 9.17) is 15.2 Å². The fourth-order valence-electron chi connectivity index (χ4n) is 1.97. The average Bonchev–Trinajstić information content (AvgIpc) is 2.60. The van der Waals surface area contributed by atoms with Crippen LogP contribution in [0.25, 0.3) is 0 Å². The number of benzene rings is 2. The number of ether oxygens (including phenoxy) is 2. The standard InChI is InChI=1S/C17H20N4O3/c1-23-13-8-9-15(24-2)14(10-13)21-17(18)19-11-16(22)20-12-6-4-3-5-7-12/h3-10H,11H2,1-2H3,(H,20,22)(H3,18,19,21). The largest absolute Gasteiger partial charge is 0.497 e. The highest BCUT2D eigenvalue weighted by Gasteiger charge is 2.07. The zero-order valence-electron chi connectivity index (χ0n) is 13.6. The number of aliphatic imine (C=N–C) groups is 1. The molecule has 0 unspecified atom stereocenters. The lowest BCUT2D eigenvalue weighted by atomic mass is 10.2. The van der Waals surface area contributed by atoms with E-state index in [1.54, 1.807) is 44.6 Å². The van der Waals surface area contributed by atoms with Gasteiger partial charge in [-0.05, 0) is 24.3 Å². The van der Waals surface area contributed by atoms with E-state index in [-0.39, 0.29) is 18.4 Å². The lowest BCUT2D eigenvalue weighted by Crippen LogP contribution is -2.25. The molecule has 0 aliphatic rings. The minimum absolute atomic E-state index is 0.0972. The highest BCUT2D eigenvalue weighted by Crippen LogP contribution is 2.28. The number of nitrogens with zero attached hydrogens (tertiary/aromatic N) is 1. The minimum Gasteiger partial charge on any atom is -0.497 e. The van der Waals surface area contributed by atoms with Gasteiger partial charge in [0.25, 0.3) is 0 Å². The highest BCUT2D eigenvalue weighted by atomic mass is 16.5. The Morgan fingerprint density at radius 1 is 1.08 bits per heavy atom. The summed E-state index contributed by atoms with van der Waals surface area (Å²) < 4.78 is 10.4.